The highest BCUT2D eigenvalue weighted by Crippen LogP contribution is 2.25. The molecule has 1 aliphatic heterocycles. The molecule has 1 unspecified atom stereocenters. The van der Waals surface area contributed by atoms with Crippen LogP contribution < -0.4 is 14.9 Å². The molecule has 2 rings (SSSR count). The maximum Gasteiger partial charge on any atom is 0.405 e. The number of halogens is 3. The van der Waals surface area contributed by atoms with E-state index in [1.54, 1.807) is 31.1 Å². The van der Waals surface area contributed by atoms with Crippen molar-refractivity contribution >= 4 is 15.7 Å². The molecule has 0 bridgehead atoms. The van der Waals surface area contributed by atoms with Crippen LogP contribution in [-0.4, -0.2) is 72.4 Å². The van der Waals surface area contributed by atoms with Crippen LogP contribution in [0, 0.1) is 0 Å². The number of nitrogens with zero attached hydrogens (tertiary/aromatic N) is 2. The summed E-state index contributed by atoms with van der Waals surface area (Å²) in [5, 5.41) is 2.98. The minimum atomic E-state index is -4.51. The van der Waals surface area contributed by atoms with Gasteiger partial charge in [-0.2, -0.15) is 13.2 Å². The Kier molecular flexibility index (Phi) is 6.30. The van der Waals surface area contributed by atoms with E-state index in [9.17, 15) is 21.6 Å². The van der Waals surface area contributed by atoms with E-state index in [1.165, 1.54) is 17.0 Å². The van der Waals surface area contributed by atoms with Gasteiger partial charge in [-0.15, -0.1) is 0 Å². The van der Waals surface area contributed by atoms with E-state index in [4.69, 9.17) is 0 Å². The van der Waals surface area contributed by atoms with Crippen LogP contribution in [-0.2, 0) is 10.0 Å². The molecule has 1 atom stereocenters. The average molecular weight is 380 g/mol. The number of piperazine rings is 1. The maximum atomic E-state index is 13.3. The number of hydrogen-bond donors (Lipinski definition) is 2. The van der Waals surface area contributed by atoms with Gasteiger partial charge in [0.25, 0.3) is 0 Å². The molecule has 0 radical (unpaired) electrons. The lowest BCUT2D eigenvalue weighted by Gasteiger charge is -2.35. The molecule has 1 heterocycles. The highest BCUT2D eigenvalue weighted by molar-refractivity contribution is 7.89. The molecular formula is C15H23F3N4O2S. The van der Waals surface area contributed by atoms with Crippen LogP contribution >= 0.6 is 0 Å². The molecule has 1 fully saturated rings. The Balaban J connectivity index is 2.14. The van der Waals surface area contributed by atoms with Gasteiger partial charge in [-0.05, 0) is 18.2 Å². The quantitative estimate of drug-likeness (QED) is 0.767. The average Bonchev–Trinajstić information content (AvgIpc) is 2.54. The van der Waals surface area contributed by atoms with E-state index in [0.717, 1.165) is 0 Å². The van der Waals surface area contributed by atoms with E-state index in [0.29, 0.717) is 18.8 Å². The fourth-order valence-electron chi connectivity index (χ4n) is 2.65. The molecule has 6 nitrogen and oxygen atoms in total. The van der Waals surface area contributed by atoms with Crippen LogP contribution in [0.25, 0.3) is 0 Å². The highest BCUT2D eigenvalue weighted by Gasteiger charge is 2.44. The topological polar surface area (TPSA) is 64.7 Å². The Morgan fingerprint density at radius 2 is 1.92 bits per heavy atom. The lowest BCUT2D eigenvalue weighted by atomic mass is 10.2. The number of rotatable bonds is 6. The molecule has 0 aliphatic carbocycles. The summed E-state index contributed by atoms with van der Waals surface area (Å²) in [6.45, 7) is 0.635. The number of anilines is 1. The van der Waals surface area contributed by atoms with Crippen LogP contribution in [0.5, 0.6) is 0 Å². The Bertz CT molecular complexity index is 674. The van der Waals surface area contributed by atoms with Crippen molar-refractivity contribution in [2.24, 2.45) is 0 Å². The van der Waals surface area contributed by atoms with Gasteiger partial charge in [0, 0.05) is 52.5 Å². The number of hydrogen-bond acceptors (Lipinski definition) is 5. The zero-order valence-corrected chi connectivity index (χ0v) is 15.0. The first-order chi connectivity index (χ1) is 11.6. The summed E-state index contributed by atoms with van der Waals surface area (Å²) in [6.07, 6.45) is -4.51. The van der Waals surface area contributed by atoms with Gasteiger partial charge in [-0.25, -0.2) is 13.1 Å². The van der Waals surface area contributed by atoms with Crippen molar-refractivity contribution in [1.82, 2.24) is 14.9 Å². The number of alkyl halides is 3. The molecule has 1 aromatic rings. The van der Waals surface area contributed by atoms with Gasteiger partial charge in [0.15, 0.2) is 0 Å². The first-order valence-electron chi connectivity index (χ1n) is 7.90. The second-order valence-corrected chi connectivity index (χ2v) is 7.85. The summed E-state index contributed by atoms with van der Waals surface area (Å²) in [7, 11) is -0.523. The molecule has 142 valence electrons. The summed E-state index contributed by atoms with van der Waals surface area (Å²) in [4.78, 5) is 2.92. The molecule has 0 aromatic heterocycles. The van der Waals surface area contributed by atoms with Gasteiger partial charge in [0.1, 0.15) is 6.04 Å². The molecule has 25 heavy (non-hydrogen) atoms. The lowest BCUT2D eigenvalue weighted by Crippen LogP contribution is -2.57. The summed E-state index contributed by atoms with van der Waals surface area (Å²) >= 11 is 0. The molecular weight excluding hydrogens is 357 g/mol. The van der Waals surface area contributed by atoms with E-state index in [2.05, 4.69) is 10.0 Å². The third kappa shape index (κ3) is 5.30. The van der Waals surface area contributed by atoms with Crippen molar-refractivity contribution in [3.05, 3.63) is 24.3 Å². The van der Waals surface area contributed by atoms with Gasteiger partial charge in [-0.1, -0.05) is 6.07 Å². The number of sulfonamides is 1. The van der Waals surface area contributed by atoms with Crippen molar-refractivity contribution in [3.8, 4) is 0 Å². The summed E-state index contributed by atoms with van der Waals surface area (Å²) < 4.78 is 66.9. The zero-order chi connectivity index (χ0) is 18.7. The summed E-state index contributed by atoms with van der Waals surface area (Å²) in [5.41, 5.74) is 0.650. The number of benzene rings is 1. The molecule has 1 aromatic carbocycles. The van der Waals surface area contributed by atoms with Crippen LogP contribution in [0.1, 0.15) is 0 Å². The van der Waals surface area contributed by atoms with Gasteiger partial charge >= 0.3 is 6.18 Å². The third-order valence-corrected chi connectivity index (χ3v) is 5.50. The van der Waals surface area contributed by atoms with Crippen LogP contribution in [0.3, 0.4) is 0 Å². The van der Waals surface area contributed by atoms with Crippen molar-refractivity contribution in [3.63, 3.8) is 0 Å². The molecule has 10 heteroatoms. The smallest absolute Gasteiger partial charge is 0.378 e. The Morgan fingerprint density at radius 1 is 1.28 bits per heavy atom. The molecule has 2 N–H and O–H groups in total. The van der Waals surface area contributed by atoms with Crippen LogP contribution in [0.15, 0.2) is 29.2 Å². The van der Waals surface area contributed by atoms with Crippen molar-refractivity contribution in [2.45, 2.75) is 17.1 Å². The molecule has 1 aliphatic rings. The summed E-state index contributed by atoms with van der Waals surface area (Å²) in [6, 6.07) is 4.22. The van der Waals surface area contributed by atoms with Crippen LogP contribution in [0.2, 0.25) is 0 Å². The summed E-state index contributed by atoms with van der Waals surface area (Å²) in [5.74, 6) is 0. The second-order valence-electron chi connectivity index (χ2n) is 6.09. The van der Waals surface area contributed by atoms with E-state index in [-0.39, 0.29) is 18.0 Å². The predicted molar refractivity (Wildman–Crippen MR) is 90.2 cm³/mol. The van der Waals surface area contributed by atoms with E-state index >= 15 is 0 Å². The second kappa shape index (κ2) is 7.90. The normalized spacial score (nSPS) is 18.1. The minimum Gasteiger partial charge on any atom is -0.378 e. The standard InChI is InChI=1S/C15H23F3N4O2S/c1-21(2)12-4-3-5-13(10-12)25(23,24)20-11-14(15(16,17)18)22-8-6-19-7-9-22/h3-5,10,14,19-20H,6-9,11H2,1-2H3. The Labute approximate surface area is 146 Å². The lowest BCUT2D eigenvalue weighted by molar-refractivity contribution is -0.182. The van der Waals surface area contributed by atoms with Gasteiger partial charge in [0.2, 0.25) is 10.0 Å². The minimum absolute atomic E-state index is 0.0556. The molecule has 0 spiro atoms. The number of nitrogens with one attached hydrogen (secondary N) is 2. The Hall–Kier alpha value is -1.36. The van der Waals surface area contributed by atoms with E-state index < -0.39 is 28.8 Å². The predicted octanol–water partition coefficient (Wildman–Crippen LogP) is 0.867. The van der Waals surface area contributed by atoms with Crippen LogP contribution in [0.4, 0.5) is 18.9 Å². The monoisotopic (exact) mass is 380 g/mol. The Morgan fingerprint density at radius 3 is 2.48 bits per heavy atom. The van der Waals surface area contributed by atoms with Gasteiger partial charge in [0.05, 0.1) is 4.90 Å². The maximum absolute atomic E-state index is 13.3. The highest BCUT2D eigenvalue weighted by atomic mass is 32.2. The van der Waals surface area contributed by atoms with Crippen molar-refractivity contribution in [2.75, 3.05) is 51.7 Å². The fraction of sp³-hybridized carbons (Fsp3) is 0.600. The van der Waals surface area contributed by atoms with Gasteiger partial charge < -0.3 is 10.2 Å². The van der Waals surface area contributed by atoms with E-state index in [1.807, 2.05) is 0 Å². The molecule has 1 saturated heterocycles. The van der Waals surface area contributed by atoms with Crippen molar-refractivity contribution < 1.29 is 21.6 Å². The first kappa shape index (κ1) is 20.0. The third-order valence-electron chi connectivity index (χ3n) is 4.08. The van der Waals surface area contributed by atoms with Crippen molar-refractivity contribution in [1.29, 1.82) is 0 Å². The zero-order valence-electron chi connectivity index (χ0n) is 14.2. The van der Waals surface area contributed by atoms with Gasteiger partial charge in [-0.3, -0.25) is 4.90 Å². The largest absolute Gasteiger partial charge is 0.405 e. The molecule has 0 saturated carbocycles. The fourth-order valence-corrected chi connectivity index (χ4v) is 3.72. The molecule has 0 amide bonds. The SMILES string of the molecule is CN(C)c1cccc(S(=O)(=O)NCC(N2CCNCC2)C(F)(F)F)c1. The first-order valence-corrected chi connectivity index (χ1v) is 9.38.